The predicted octanol–water partition coefficient (Wildman–Crippen LogP) is 8.81. The fraction of sp³-hybridized carbons (Fsp3) is 0.485. The second kappa shape index (κ2) is 15.3. The first kappa shape index (κ1) is 31.8. The monoisotopic (exact) mass is 569 g/mol. The van der Waals surface area contributed by atoms with Crippen LogP contribution in [0, 0.1) is 18.8 Å². The van der Waals surface area contributed by atoms with Crippen LogP contribution in [0.4, 0.5) is 4.39 Å². The molecular weight excluding hydrogens is 524 g/mol. The molecule has 3 aromatic rings. The van der Waals surface area contributed by atoms with Crippen LogP contribution >= 0.6 is 7.37 Å². The average molecular weight is 570 g/mol. The maximum Gasteiger partial charge on any atom is 0.213 e. The van der Waals surface area contributed by atoms with E-state index in [9.17, 15) is 8.96 Å². The molecule has 1 aromatic heterocycles. The summed E-state index contributed by atoms with van der Waals surface area (Å²) in [5.74, 6) is 2.56. The first-order valence-electron chi connectivity index (χ1n) is 14.3. The molecule has 2 aromatic carbocycles. The molecule has 7 heteroatoms. The Morgan fingerprint density at radius 2 is 1.60 bits per heavy atom. The molecule has 1 unspecified atom stereocenters. The van der Waals surface area contributed by atoms with E-state index in [0.29, 0.717) is 24.2 Å². The van der Waals surface area contributed by atoms with Crippen LogP contribution in [0.15, 0.2) is 54.6 Å². The summed E-state index contributed by atoms with van der Waals surface area (Å²) in [5, 5.41) is 0. The van der Waals surface area contributed by atoms with Crippen molar-refractivity contribution in [3.8, 4) is 22.6 Å². The van der Waals surface area contributed by atoms with Crippen LogP contribution in [0.5, 0.6) is 11.5 Å². The molecule has 2 aliphatic carbocycles. The van der Waals surface area contributed by atoms with Crippen LogP contribution in [0.2, 0.25) is 0 Å². The van der Waals surface area contributed by atoms with E-state index in [1.807, 2.05) is 43.3 Å². The quantitative estimate of drug-likeness (QED) is 0.227. The van der Waals surface area contributed by atoms with Crippen LogP contribution in [0.3, 0.4) is 0 Å². The number of methoxy groups -OCH3 is 2. The van der Waals surface area contributed by atoms with Gasteiger partial charge in [0.25, 0.3) is 0 Å². The van der Waals surface area contributed by atoms with Gasteiger partial charge >= 0.3 is 0 Å². The Morgan fingerprint density at radius 3 is 2.17 bits per heavy atom. The third-order valence-corrected chi connectivity index (χ3v) is 8.30. The fourth-order valence-electron chi connectivity index (χ4n) is 4.79. The highest BCUT2D eigenvalue weighted by Crippen LogP contribution is 2.41. The minimum Gasteiger partial charge on any atom is -0.497 e. The van der Waals surface area contributed by atoms with Gasteiger partial charge in [-0.1, -0.05) is 57.2 Å². The first-order valence-corrected chi connectivity index (χ1v) is 16.6. The van der Waals surface area contributed by atoms with Gasteiger partial charge < -0.3 is 14.4 Å². The highest BCUT2D eigenvalue weighted by atomic mass is 31.2. The number of nitrogens with zero attached hydrogens (tertiary/aromatic N) is 1. The Balaban J connectivity index is 0.000000219. The molecule has 0 aliphatic heterocycles. The molecule has 2 saturated carbocycles. The summed E-state index contributed by atoms with van der Waals surface area (Å²) < 4.78 is 35.3. The van der Waals surface area contributed by atoms with Crippen LogP contribution in [0.1, 0.15) is 74.6 Å². The number of halogens is 1. The van der Waals surface area contributed by atoms with Crippen molar-refractivity contribution in [2.24, 2.45) is 5.92 Å². The smallest absolute Gasteiger partial charge is 0.213 e. The largest absolute Gasteiger partial charge is 0.497 e. The summed E-state index contributed by atoms with van der Waals surface area (Å²) >= 11 is 0. The minimum atomic E-state index is -2.90. The molecule has 0 radical (unpaired) electrons. The maximum atomic E-state index is 13.7. The molecule has 2 fully saturated rings. The van der Waals surface area contributed by atoms with Crippen LogP contribution in [-0.2, 0) is 11.0 Å². The number of aromatic nitrogens is 1. The van der Waals surface area contributed by atoms with Gasteiger partial charge in [0.1, 0.15) is 11.5 Å². The van der Waals surface area contributed by atoms with Crippen molar-refractivity contribution >= 4 is 7.37 Å². The summed E-state index contributed by atoms with van der Waals surface area (Å²) in [6.45, 7) is 5.54. The number of hydrogen-bond donors (Lipinski definition) is 1. The van der Waals surface area contributed by atoms with Gasteiger partial charge in [0.15, 0.2) is 7.37 Å². The van der Waals surface area contributed by atoms with E-state index < -0.39 is 13.3 Å². The molecule has 0 amide bonds. The Labute approximate surface area is 239 Å². The van der Waals surface area contributed by atoms with Crippen molar-refractivity contribution in [1.82, 2.24) is 4.98 Å². The lowest BCUT2D eigenvalue weighted by Gasteiger charge is -2.28. The van der Waals surface area contributed by atoms with Crippen molar-refractivity contribution in [1.29, 1.82) is 0 Å². The molecule has 1 heterocycles. The number of pyridine rings is 1. The molecule has 0 saturated heterocycles. The Morgan fingerprint density at radius 1 is 0.950 bits per heavy atom. The van der Waals surface area contributed by atoms with Gasteiger partial charge in [0.05, 0.1) is 14.2 Å². The number of ether oxygens (including phenoxy) is 2. The van der Waals surface area contributed by atoms with Crippen molar-refractivity contribution in [2.45, 2.75) is 71.1 Å². The van der Waals surface area contributed by atoms with E-state index in [2.05, 4.69) is 24.0 Å². The Kier molecular flexibility index (Phi) is 12.2. The van der Waals surface area contributed by atoms with Crippen molar-refractivity contribution in [3.63, 3.8) is 0 Å². The summed E-state index contributed by atoms with van der Waals surface area (Å²) in [6, 6.07) is 17.2. The van der Waals surface area contributed by atoms with E-state index in [1.54, 1.807) is 14.2 Å². The highest BCUT2D eigenvalue weighted by Gasteiger charge is 2.23. The Bertz CT molecular complexity index is 1240. The number of benzene rings is 2. The topological polar surface area (TPSA) is 68.7 Å². The van der Waals surface area contributed by atoms with Gasteiger partial charge in [0.2, 0.25) is 5.95 Å². The molecule has 0 bridgehead atoms. The van der Waals surface area contributed by atoms with Gasteiger partial charge in [-0.3, -0.25) is 4.57 Å². The lowest BCUT2D eigenvalue weighted by Crippen LogP contribution is -2.12. The molecule has 0 spiro atoms. The zero-order chi connectivity index (χ0) is 29.1. The van der Waals surface area contributed by atoms with E-state index >= 15 is 0 Å². The highest BCUT2D eigenvalue weighted by molar-refractivity contribution is 7.57. The number of rotatable bonds is 7. The Hall–Kier alpha value is -2.69. The summed E-state index contributed by atoms with van der Waals surface area (Å²) in [6.07, 6.45) is 10.3. The van der Waals surface area contributed by atoms with E-state index in [-0.39, 0.29) is 0 Å². The van der Waals surface area contributed by atoms with Crippen LogP contribution in [-0.4, -0.2) is 36.9 Å². The third-order valence-electron chi connectivity index (χ3n) is 7.25. The van der Waals surface area contributed by atoms with E-state index in [0.717, 1.165) is 34.1 Å². The second-order valence-corrected chi connectivity index (χ2v) is 13.7. The van der Waals surface area contributed by atoms with Gasteiger partial charge in [-0.05, 0) is 90.6 Å². The predicted molar refractivity (Wildman–Crippen MR) is 162 cm³/mol. The lowest BCUT2D eigenvalue weighted by atomic mass is 9.77. The van der Waals surface area contributed by atoms with Gasteiger partial charge in [-0.15, -0.1) is 0 Å². The zero-order valence-electron chi connectivity index (χ0n) is 24.7. The summed E-state index contributed by atoms with van der Waals surface area (Å²) in [7, 11) is 0.404. The molecule has 2 aliphatic rings. The van der Waals surface area contributed by atoms with Crippen molar-refractivity contribution in [3.05, 3.63) is 77.4 Å². The van der Waals surface area contributed by atoms with Gasteiger partial charge in [-0.25, -0.2) is 4.98 Å². The molecule has 5 rings (SSSR count). The van der Waals surface area contributed by atoms with Crippen LogP contribution < -0.4 is 9.47 Å². The standard InChI is InChI=1S/C20H24FNO.C10H15O3P.C3H6/c1-13-4-6-15(7-5-13)19-12-17(23-3)8-9-18(19)16-10-14(2)22-20(21)11-16;1-13-10-5-3-4-9(8-10)6-7-14(2,11)12;1-2-3-1/h8-13,15H,4-7H2,1-3H3;3-5,8H,6-7H2,1-2H3,(H,11,12);1-3H2. The SMILES string of the molecule is C1CC1.COc1ccc(-c2cc(C)nc(F)c2)c(C2CCC(C)CC2)c1.COc1cccc(CCP(C)(=O)O)c1. The van der Waals surface area contributed by atoms with Gasteiger partial charge in [-0.2, -0.15) is 4.39 Å². The van der Waals surface area contributed by atoms with Crippen molar-refractivity contribution < 1.29 is 23.3 Å². The maximum absolute atomic E-state index is 13.7. The zero-order valence-corrected chi connectivity index (χ0v) is 25.6. The van der Waals surface area contributed by atoms with Gasteiger partial charge in [0, 0.05) is 24.6 Å². The minimum absolute atomic E-state index is 0.320. The van der Waals surface area contributed by atoms with E-state index in [1.165, 1.54) is 63.2 Å². The summed E-state index contributed by atoms with van der Waals surface area (Å²) in [5.41, 5.74) is 5.03. The molecule has 218 valence electrons. The number of aryl methyl sites for hydroxylation is 2. The molecule has 1 atom stereocenters. The average Bonchev–Trinajstić information content (AvgIpc) is 3.82. The second-order valence-electron chi connectivity index (χ2n) is 11.2. The van der Waals surface area contributed by atoms with E-state index in [4.69, 9.17) is 14.4 Å². The first-order chi connectivity index (χ1) is 19.1. The molecule has 1 N–H and O–H groups in total. The van der Waals surface area contributed by atoms with Crippen LogP contribution in [0.25, 0.3) is 11.1 Å². The lowest BCUT2D eigenvalue weighted by molar-refractivity contribution is 0.347. The van der Waals surface area contributed by atoms with Crippen molar-refractivity contribution in [2.75, 3.05) is 27.0 Å². The third kappa shape index (κ3) is 11.1. The normalized spacial score (nSPS) is 19.2. The fourth-order valence-corrected chi connectivity index (χ4v) is 5.46. The molecule has 5 nitrogen and oxygen atoms in total. The molecular formula is C33H45FNO4P. The summed E-state index contributed by atoms with van der Waals surface area (Å²) in [4.78, 5) is 13.0. The number of hydrogen-bond acceptors (Lipinski definition) is 4. The molecule has 40 heavy (non-hydrogen) atoms.